The summed E-state index contributed by atoms with van der Waals surface area (Å²) in [5.74, 6) is -0.0111. The SMILES string of the molecule is CCC(C)(CCO)NC(=O)[C@@H](N)C(C)C. The lowest BCUT2D eigenvalue weighted by atomic mass is 9.93. The molecule has 0 aliphatic heterocycles. The van der Waals surface area contributed by atoms with Crippen LogP contribution < -0.4 is 11.1 Å². The average Bonchev–Trinajstić information content (AvgIpc) is 2.16. The van der Waals surface area contributed by atoms with E-state index in [1.54, 1.807) is 0 Å². The van der Waals surface area contributed by atoms with Gasteiger partial charge in [0.05, 0.1) is 6.04 Å². The Hall–Kier alpha value is -0.610. The fourth-order valence-corrected chi connectivity index (χ4v) is 1.26. The predicted molar refractivity (Wildman–Crippen MR) is 61.4 cm³/mol. The van der Waals surface area contributed by atoms with Gasteiger partial charge in [0.25, 0.3) is 0 Å². The molecule has 1 unspecified atom stereocenters. The summed E-state index contributed by atoms with van der Waals surface area (Å²) in [6.07, 6.45) is 1.34. The van der Waals surface area contributed by atoms with Gasteiger partial charge in [-0.2, -0.15) is 0 Å². The Morgan fingerprint density at radius 2 is 2.07 bits per heavy atom. The maximum Gasteiger partial charge on any atom is 0.237 e. The van der Waals surface area contributed by atoms with E-state index in [1.807, 2.05) is 27.7 Å². The number of hydrogen-bond donors (Lipinski definition) is 3. The zero-order valence-corrected chi connectivity index (χ0v) is 10.2. The highest BCUT2D eigenvalue weighted by Crippen LogP contribution is 2.14. The van der Waals surface area contributed by atoms with Gasteiger partial charge in [-0.05, 0) is 25.7 Å². The first-order valence-electron chi connectivity index (χ1n) is 5.54. The standard InChI is InChI=1S/C11H24N2O2/c1-5-11(4,6-7-14)13-10(15)9(12)8(2)3/h8-9,14H,5-7,12H2,1-4H3,(H,13,15)/t9-,11?/m0/s1. The molecule has 0 aliphatic rings. The Morgan fingerprint density at radius 1 is 1.53 bits per heavy atom. The molecule has 0 aliphatic carbocycles. The Balaban J connectivity index is 4.36. The maximum atomic E-state index is 11.7. The van der Waals surface area contributed by atoms with E-state index in [0.717, 1.165) is 6.42 Å². The molecule has 0 spiro atoms. The minimum Gasteiger partial charge on any atom is -0.396 e. The molecule has 4 heteroatoms. The Bertz CT molecular complexity index is 207. The van der Waals surface area contributed by atoms with Gasteiger partial charge in [-0.25, -0.2) is 0 Å². The second kappa shape index (κ2) is 6.08. The predicted octanol–water partition coefficient (Wildman–Crippen LogP) is 0.637. The average molecular weight is 216 g/mol. The lowest BCUT2D eigenvalue weighted by Gasteiger charge is -2.31. The summed E-state index contributed by atoms with van der Waals surface area (Å²) in [6.45, 7) is 7.81. The molecular weight excluding hydrogens is 192 g/mol. The van der Waals surface area contributed by atoms with E-state index < -0.39 is 6.04 Å². The number of nitrogens with one attached hydrogen (secondary N) is 1. The van der Waals surface area contributed by atoms with Crippen LogP contribution in [0.2, 0.25) is 0 Å². The fourth-order valence-electron chi connectivity index (χ4n) is 1.26. The first-order chi connectivity index (χ1) is 6.86. The van der Waals surface area contributed by atoms with Gasteiger partial charge in [-0.3, -0.25) is 4.79 Å². The van der Waals surface area contributed by atoms with Crippen molar-refractivity contribution in [1.82, 2.24) is 5.32 Å². The number of carbonyl (C=O) groups excluding carboxylic acids is 1. The molecule has 0 fully saturated rings. The molecule has 2 atom stereocenters. The second-order valence-corrected chi connectivity index (χ2v) is 4.65. The molecule has 0 radical (unpaired) electrons. The zero-order chi connectivity index (χ0) is 12.1. The van der Waals surface area contributed by atoms with Crippen LogP contribution >= 0.6 is 0 Å². The number of hydrogen-bond acceptors (Lipinski definition) is 3. The van der Waals surface area contributed by atoms with Crippen LogP contribution in [0.3, 0.4) is 0 Å². The Kier molecular flexibility index (Phi) is 5.83. The van der Waals surface area contributed by atoms with Gasteiger partial charge in [0.15, 0.2) is 0 Å². The van der Waals surface area contributed by atoms with Gasteiger partial charge in [-0.1, -0.05) is 20.8 Å². The minimum absolute atomic E-state index is 0.0710. The van der Waals surface area contributed by atoms with E-state index in [-0.39, 0.29) is 24.0 Å². The molecule has 15 heavy (non-hydrogen) atoms. The molecule has 0 heterocycles. The van der Waals surface area contributed by atoms with E-state index in [4.69, 9.17) is 10.8 Å². The van der Waals surface area contributed by atoms with Gasteiger partial charge in [0.2, 0.25) is 5.91 Å². The van der Waals surface area contributed by atoms with Crippen LogP contribution in [0.25, 0.3) is 0 Å². The number of aliphatic hydroxyl groups is 1. The molecule has 0 saturated carbocycles. The smallest absolute Gasteiger partial charge is 0.237 e. The van der Waals surface area contributed by atoms with E-state index in [2.05, 4.69) is 5.32 Å². The Morgan fingerprint density at radius 3 is 2.40 bits per heavy atom. The van der Waals surface area contributed by atoms with Crippen molar-refractivity contribution in [2.24, 2.45) is 11.7 Å². The molecular formula is C11H24N2O2. The summed E-state index contributed by atoms with van der Waals surface area (Å²) in [5.41, 5.74) is 5.39. The molecule has 0 aromatic carbocycles. The number of aliphatic hydroxyl groups excluding tert-OH is 1. The summed E-state index contributed by atoms with van der Waals surface area (Å²) in [4.78, 5) is 11.7. The van der Waals surface area contributed by atoms with Crippen molar-refractivity contribution >= 4 is 5.91 Å². The lowest BCUT2D eigenvalue weighted by Crippen LogP contribution is -2.53. The molecule has 0 aromatic rings. The Labute approximate surface area is 92.2 Å². The molecule has 1 amide bonds. The first kappa shape index (κ1) is 14.4. The van der Waals surface area contributed by atoms with E-state index in [9.17, 15) is 4.79 Å². The van der Waals surface area contributed by atoms with Gasteiger partial charge in [0, 0.05) is 12.1 Å². The zero-order valence-electron chi connectivity index (χ0n) is 10.2. The highest BCUT2D eigenvalue weighted by molar-refractivity contribution is 5.82. The molecule has 0 saturated heterocycles. The summed E-state index contributed by atoms with van der Waals surface area (Å²) >= 11 is 0. The van der Waals surface area contributed by atoms with Crippen LogP contribution in [0, 0.1) is 5.92 Å². The van der Waals surface area contributed by atoms with Gasteiger partial charge in [0.1, 0.15) is 0 Å². The molecule has 4 nitrogen and oxygen atoms in total. The van der Waals surface area contributed by atoms with Crippen molar-refractivity contribution in [3.05, 3.63) is 0 Å². The van der Waals surface area contributed by atoms with E-state index in [1.165, 1.54) is 0 Å². The summed E-state index contributed by atoms with van der Waals surface area (Å²) in [6, 6.07) is -0.477. The normalized spacial score (nSPS) is 17.3. The third-order valence-corrected chi connectivity index (χ3v) is 2.89. The highest BCUT2D eigenvalue weighted by atomic mass is 16.3. The van der Waals surface area contributed by atoms with Crippen molar-refractivity contribution in [2.45, 2.75) is 52.1 Å². The number of rotatable bonds is 6. The largest absolute Gasteiger partial charge is 0.396 e. The quantitative estimate of drug-likeness (QED) is 0.610. The van der Waals surface area contributed by atoms with Crippen LogP contribution in [0.5, 0.6) is 0 Å². The first-order valence-corrected chi connectivity index (χ1v) is 5.54. The van der Waals surface area contributed by atoms with Crippen molar-refractivity contribution in [3.8, 4) is 0 Å². The lowest BCUT2D eigenvalue weighted by molar-refractivity contribution is -0.125. The third-order valence-electron chi connectivity index (χ3n) is 2.89. The van der Waals surface area contributed by atoms with Crippen LogP contribution in [0.15, 0.2) is 0 Å². The third kappa shape index (κ3) is 4.62. The number of nitrogens with two attached hydrogens (primary N) is 1. The molecule has 90 valence electrons. The maximum absolute atomic E-state index is 11.7. The van der Waals surface area contributed by atoms with Crippen molar-refractivity contribution in [2.75, 3.05) is 6.61 Å². The number of carbonyl (C=O) groups is 1. The molecule has 0 rings (SSSR count). The van der Waals surface area contributed by atoms with Crippen molar-refractivity contribution < 1.29 is 9.90 Å². The van der Waals surface area contributed by atoms with Crippen molar-refractivity contribution in [1.29, 1.82) is 0 Å². The van der Waals surface area contributed by atoms with E-state index >= 15 is 0 Å². The summed E-state index contributed by atoms with van der Waals surface area (Å²) in [5, 5.41) is 11.8. The molecule has 0 bridgehead atoms. The van der Waals surface area contributed by atoms with Crippen LogP contribution in [-0.2, 0) is 4.79 Å². The fraction of sp³-hybridized carbons (Fsp3) is 0.909. The van der Waals surface area contributed by atoms with Crippen LogP contribution in [0.4, 0.5) is 0 Å². The van der Waals surface area contributed by atoms with Gasteiger partial charge in [-0.15, -0.1) is 0 Å². The van der Waals surface area contributed by atoms with Crippen LogP contribution in [-0.4, -0.2) is 29.2 Å². The monoisotopic (exact) mass is 216 g/mol. The summed E-state index contributed by atoms with van der Waals surface area (Å²) in [7, 11) is 0. The van der Waals surface area contributed by atoms with Crippen LogP contribution in [0.1, 0.15) is 40.5 Å². The van der Waals surface area contributed by atoms with Gasteiger partial charge >= 0.3 is 0 Å². The van der Waals surface area contributed by atoms with Crippen molar-refractivity contribution in [3.63, 3.8) is 0 Å². The minimum atomic E-state index is -0.477. The second-order valence-electron chi connectivity index (χ2n) is 4.65. The summed E-state index contributed by atoms with van der Waals surface area (Å²) < 4.78 is 0. The topological polar surface area (TPSA) is 75.3 Å². The number of amides is 1. The van der Waals surface area contributed by atoms with E-state index in [0.29, 0.717) is 6.42 Å². The molecule has 0 aromatic heterocycles. The van der Waals surface area contributed by atoms with Gasteiger partial charge < -0.3 is 16.2 Å². The molecule has 4 N–H and O–H groups in total. The highest BCUT2D eigenvalue weighted by Gasteiger charge is 2.27.